The maximum atomic E-state index is 11.7. The molecule has 0 radical (unpaired) electrons. The summed E-state index contributed by atoms with van der Waals surface area (Å²) >= 11 is 0. The Bertz CT molecular complexity index is 209. The fraction of sp³-hybridized carbons (Fsp3) is 0.750. The summed E-state index contributed by atoms with van der Waals surface area (Å²) in [5, 5.41) is 0. The van der Waals surface area contributed by atoms with Crippen LogP contribution in [0, 0.1) is 0 Å². The highest BCUT2D eigenvalue weighted by molar-refractivity contribution is 6.02. The van der Waals surface area contributed by atoms with E-state index in [-0.39, 0.29) is 0 Å². The molecular weight excluding hydrogens is 182 g/mol. The van der Waals surface area contributed by atoms with Gasteiger partial charge in [-0.05, 0) is 12.8 Å². The van der Waals surface area contributed by atoms with Gasteiger partial charge in [-0.2, -0.15) is 0 Å². The second-order valence-electron chi connectivity index (χ2n) is 2.91. The molecule has 1 atom stereocenters. The molecule has 1 unspecified atom stereocenters. The van der Waals surface area contributed by atoms with Gasteiger partial charge in [0.2, 0.25) is 5.78 Å². The fourth-order valence-corrected chi connectivity index (χ4v) is 1.19. The van der Waals surface area contributed by atoms with Crippen LogP contribution in [-0.4, -0.2) is 30.7 Å². The molecule has 5 heteroatoms. The highest BCUT2D eigenvalue weighted by Crippen LogP contribution is 2.15. The van der Waals surface area contributed by atoms with Crippen LogP contribution in [0.5, 0.6) is 0 Å². The van der Waals surface area contributed by atoms with Crippen LogP contribution < -0.4 is 0 Å². The minimum atomic E-state index is -3.05. The van der Waals surface area contributed by atoms with Gasteiger partial charge in [0, 0.05) is 6.61 Å². The molecule has 0 saturated carbocycles. The molecule has 1 saturated heterocycles. The molecule has 1 rings (SSSR count). The van der Waals surface area contributed by atoms with E-state index >= 15 is 0 Å². The zero-order chi connectivity index (χ0) is 9.84. The quantitative estimate of drug-likeness (QED) is 0.623. The van der Waals surface area contributed by atoms with Crippen LogP contribution in [-0.2, 0) is 14.3 Å². The van der Waals surface area contributed by atoms with Crippen LogP contribution in [0.2, 0.25) is 0 Å². The second-order valence-corrected chi connectivity index (χ2v) is 2.91. The third-order valence-electron chi connectivity index (χ3n) is 1.88. The van der Waals surface area contributed by atoms with E-state index in [4.69, 9.17) is 4.74 Å². The van der Waals surface area contributed by atoms with E-state index in [1.54, 1.807) is 0 Å². The van der Waals surface area contributed by atoms with Crippen molar-refractivity contribution >= 4 is 11.6 Å². The topological polar surface area (TPSA) is 43.4 Å². The normalized spacial score (nSPS) is 22.2. The van der Waals surface area contributed by atoms with Crippen molar-refractivity contribution < 1.29 is 23.1 Å². The molecule has 1 aliphatic heterocycles. The van der Waals surface area contributed by atoms with Crippen molar-refractivity contribution in [2.24, 2.45) is 0 Å². The predicted octanol–water partition coefficient (Wildman–Crippen LogP) is 0.959. The fourth-order valence-electron chi connectivity index (χ4n) is 1.19. The van der Waals surface area contributed by atoms with Gasteiger partial charge >= 0.3 is 0 Å². The molecule has 0 spiro atoms. The van der Waals surface area contributed by atoms with Crippen molar-refractivity contribution in [2.45, 2.75) is 31.8 Å². The van der Waals surface area contributed by atoms with Gasteiger partial charge in [0.05, 0.1) is 6.42 Å². The molecular formula is C8H10F2O3. The Morgan fingerprint density at radius 1 is 1.46 bits per heavy atom. The van der Waals surface area contributed by atoms with E-state index in [9.17, 15) is 18.4 Å². The van der Waals surface area contributed by atoms with Crippen molar-refractivity contribution in [2.75, 3.05) is 6.61 Å². The van der Waals surface area contributed by atoms with Gasteiger partial charge in [0.1, 0.15) is 6.10 Å². The minimum absolute atomic E-state index is 0.472. The number of hydrogen-bond acceptors (Lipinski definition) is 3. The van der Waals surface area contributed by atoms with E-state index in [1.807, 2.05) is 0 Å². The molecule has 13 heavy (non-hydrogen) atoms. The van der Waals surface area contributed by atoms with E-state index in [1.165, 1.54) is 0 Å². The second kappa shape index (κ2) is 4.41. The zero-order valence-electron chi connectivity index (χ0n) is 6.96. The van der Waals surface area contributed by atoms with Gasteiger partial charge in [-0.15, -0.1) is 0 Å². The van der Waals surface area contributed by atoms with E-state index in [2.05, 4.69) is 0 Å². The van der Waals surface area contributed by atoms with Crippen molar-refractivity contribution in [3.05, 3.63) is 0 Å². The summed E-state index contributed by atoms with van der Waals surface area (Å²) in [6, 6.07) is 0. The Morgan fingerprint density at radius 3 is 2.62 bits per heavy atom. The zero-order valence-corrected chi connectivity index (χ0v) is 6.96. The number of hydrogen-bond donors (Lipinski definition) is 0. The standard InChI is InChI=1S/C8H10F2O3/c9-8(10)6(12)4-5(11)7-2-1-3-13-7/h7-8H,1-4H2. The first kappa shape index (κ1) is 10.2. The van der Waals surface area contributed by atoms with Gasteiger partial charge in [-0.25, -0.2) is 8.78 Å². The van der Waals surface area contributed by atoms with Crippen LogP contribution in [0.3, 0.4) is 0 Å². The molecule has 0 amide bonds. The Kier molecular flexibility index (Phi) is 3.48. The van der Waals surface area contributed by atoms with Crippen molar-refractivity contribution in [1.82, 2.24) is 0 Å². The number of rotatable bonds is 4. The summed E-state index contributed by atoms with van der Waals surface area (Å²) in [5.74, 6) is -1.84. The maximum absolute atomic E-state index is 11.7. The number of alkyl halides is 2. The minimum Gasteiger partial charge on any atom is -0.370 e. The number of ketones is 2. The molecule has 0 N–H and O–H groups in total. The summed E-state index contributed by atoms with van der Waals surface area (Å²) in [4.78, 5) is 21.6. The molecule has 1 aliphatic rings. The Labute approximate surface area is 74.1 Å². The lowest BCUT2D eigenvalue weighted by Crippen LogP contribution is -2.24. The molecule has 3 nitrogen and oxygen atoms in total. The molecule has 74 valence electrons. The number of Topliss-reactive ketones (excluding diaryl/α,β-unsaturated/α-hetero) is 2. The Hall–Kier alpha value is -0.840. The highest BCUT2D eigenvalue weighted by Gasteiger charge is 2.27. The van der Waals surface area contributed by atoms with E-state index in [0.29, 0.717) is 13.0 Å². The molecule has 0 bridgehead atoms. The predicted molar refractivity (Wildman–Crippen MR) is 39.6 cm³/mol. The van der Waals surface area contributed by atoms with Crippen molar-refractivity contribution in [3.63, 3.8) is 0 Å². The lowest BCUT2D eigenvalue weighted by molar-refractivity contribution is -0.137. The van der Waals surface area contributed by atoms with Crippen molar-refractivity contribution in [3.8, 4) is 0 Å². The average molecular weight is 192 g/mol. The van der Waals surface area contributed by atoms with Gasteiger partial charge in [0.25, 0.3) is 6.43 Å². The molecule has 0 aliphatic carbocycles. The summed E-state index contributed by atoms with van der Waals surface area (Å²) in [6.45, 7) is 0.472. The summed E-state index contributed by atoms with van der Waals surface area (Å²) in [7, 11) is 0. The molecule has 1 fully saturated rings. The highest BCUT2D eigenvalue weighted by atomic mass is 19.3. The molecule has 1 heterocycles. The summed E-state index contributed by atoms with van der Waals surface area (Å²) in [6.07, 6.45) is -3.11. The summed E-state index contributed by atoms with van der Waals surface area (Å²) < 4.78 is 28.4. The average Bonchev–Trinajstić information content (AvgIpc) is 2.55. The van der Waals surface area contributed by atoms with Crippen LogP contribution >= 0.6 is 0 Å². The molecule has 0 aromatic heterocycles. The third kappa shape index (κ3) is 2.84. The largest absolute Gasteiger partial charge is 0.370 e. The molecule has 0 aromatic rings. The lowest BCUT2D eigenvalue weighted by Gasteiger charge is -2.06. The van der Waals surface area contributed by atoms with E-state index in [0.717, 1.165) is 6.42 Å². The van der Waals surface area contributed by atoms with Crippen LogP contribution in [0.25, 0.3) is 0 Å². The van der Waals surface area contributed by atoms with Crippen molar-refractivity contribution in [1.29, 1.82) is 0 Å². The Morgan fingerprint density at radius 2 is 2.15 bits per heavy atom. The van der Waals surface area contributed by atoms with Gasteiger partial charge in [0.15, 0.2) is 5.78 Å². The first-order chi connectivity index (χ1) is 6.11. The van der Waals surface area contributed by atoms with Gasteiger partial charge < -0.3 is 4.74 Å². The first-order valence-corrected chi connectivity index (χ1v) is 4.06. The first-order valence-electron chi connectivity index (χ1n) is 4.06. The van der Waals surface area contributed by atoms with Crippen LogP contribution in [0.4, 0.5) is 8.78 Å². The maximum Gasteiger partial charge on any atom is 0.296 e. The number of carbonyl (C=O) groups excluding carboxylic acids is 2. The van der Waals surface area contributed by atoms with E-state index < -0.39 is 30.5 Å². The van der Waals surface area contributed by atoms with Gasteiger partial charge in [-0.3, -0.25) is 9.59 Å². The number of ether oxygens (including phenoxy) is 1. The monoisotopic (exact) mass is 192 g/mol. The Balaban J connectivity index is 2.36. The third-order valence-corrected chi connectivity index (χ3v) is 1.88. The molecule has 0 aromatic carbocycles. The van der Waals surface area contributed by atoms with Gasteiger partial charge in [-0.1, -0.05) is 0 Å². The lowest BCUT2D eigenvalue weighted by atomic mass is 10.1. The smallest absolute Gasteiger partial charge is 0.296 e. The van der Waals surface area contributed by atoms with Crippen LogP contribution in [0.1, 0.15) is 19.3 Å². The SMILES string of the molecule is O=C(CC(=O)C1CCCO1)C(F)F. The van der Waals surface area contributed by atoms with Crippen LogP contribution in [0.15, 0.2) is 0 Å². The summed E-state index contributed by atoms with van der Waals surface area (Å²) in [5.41, 5.74) is 0. The number of halogens is 2. The number of carbonyl (C=O) groups is 2.